The van der Waals surface area contributed by atoms with Crippen LogP contribution in [0, 0.1) is 10.8 Å². The first-order valence-electron chi connectivity index (χ1n) is 13.2. The number of ketones is 1. The maximum atomic E-state index is 12.8. The molecule has 0 radical (unpaired) electrons. The molecule has 2 aliphatic carbocycles. The predicted molar refractivity (Wildman–Crippen MR) is 137 cm³/mol. The first kappa shape index (κ1) is 28.4. The maximum Gasteiger partial charge on any atom is 0.331 e. The van der Waals surface area contributed by atoms with Gasteiger partial charge in [-0.3, -0.25) is 4.79 Å². The number of hydrogen-bond acceptors (Lipinski definition) is 9. The van der Waals surface area contributed by atoms with Gasteiger partial charge >= 0.3 is 11.9 Å². The lowest BCUT2D eigenvalue weighted by Crippen LogP contribution is -2.66. The van der Waals surface area contributed by atoms with Crippen LogP contribution in [0.1, 0.15) is 53.4 Å². The molecule has 2 aliphatic heterocycles. The standard InChI is InChI=1S/C29H38O9/c1-18-9-11-28(16-35-26(34)14-19(2)10-12-30)23(13-18)37-24-15-22(27(28,4)29(24)17-36-29)38-25(33)8-6-5-7-21(32)20(3)31/h5-8,13-14,20,22-24,30-31H,9-12,15-17H2,1-4H3/b7-5+,8-6-,19-14+/t20-,22+,23+,24+,27+,28+,29-/m0/s1. The molecule has 2 saturated heterocycles. The van der Waals surface area contributed by atoms with E-state index in [4.69, 9.17) is 24.1 Å². The Balaban J connectivity index is 1.59. The second kappa shape index (κ2) is 10.9. The van der Waals surface area contributed by atoms with E-state index < -0.39 is 46.4 Å². The number of aliphatic hydroxyl groups is 2. The van der Waals surface area contributed by atoms with Crippen LogP contribution in [0.3, 0.4) is 0 Å². The third-order valence-corrected chi connectivity index (χ3v) is 8.83. The number of ether oxygens (including phenoxy) is 4. The van der Waals surface area contributed by atoms with Crippen molar-refractivity contribution in [3.63, 3.8) is 0 Å². The van der Waals surface area contributed by atoms with Gasteiger partial charge in [0.15, 0.2) is 5.78 Å². The molecule has 0 aromatic heterocycles. The van der Waals surface area contributed by atoms with Crippen LogP contribution >= 0.6 is 0 Å². The minimum atomic E-state index is -1.11. The highest BCUT2D eigenvalue weighted by atomic mass is 16.6. The Morgan fingerprint density at radius 2 is 1.95 bits per heavy atom. The number of hydrogen-bond donors (Lipinski definition) is 2. The monoisotopic (exact) mass is 530 g/mol. The molecule has 4 rings (SSSR count). The van der Waals surface area contributed by atoms with Crippen molar-refractivity contribution in [2.45, 2.75) is 83.4 Å². The summed E-state index contributed by atoms with van der Waals surface area (Å²) in [5.41, 5.74) is -0.0706. The van der Waals surface area contributed by atoms with E-state index in [1.165, 1.54) is 42.9 Å². The molecule has 0 unspecified atom stereocenters. The van der Waals surface area contributed by atoms with Gasteiger partial charge in [-0.2, -0.15) is 0 Å². The second-order valence-corrected chi connectivity index (χ2v) is 11.1. The van der Waals surface area contributed by atoms with E-state index in [-0.39, 0.29) is 25.4 Å². The topological polar surface area (TPSA) is 132 Å². The number of rotatable bonds is 10. The molecule has 2 heterocycles. The lowest BCUT2D eigenvalue weighted by molar-refractivity contribution is -0.232. The zero-order valence-electron chi connectivity index (χ0n) is 22.5. The smallest absolute Gasteiger partial charge is 0.331 e. The first-order chi connectivity index (χ1) is 18.0. The number of carbonyl (C=O) groups excluding carboxylic acids is 3. The fraction of sp³-hybridized carbons (Fsp3) is 0.621. The van der Waals surface area contributed by atoms with E-state index in [0.717, 1.165) is 12.0 Å². The van der Waals surface area contributed by atoms with Crippen molar-refractivity contribution in [2.75, 3.05) is 19.8 Å². The Kier molecular flexibility index (Phi) is 8.14. The summed E-state index contributed by atoms with van der Waals surface area (Å²) in [4.78, 5) is 37.0. The summed E-state index contributed by atoms with van der Waals surface area (Å²) >= 11 is 0. The Labute approximate surface area is 223 Å². The van der Waals surface area contributed by atoms with E-state index in [2.05, 4.69) is 19.9 Å². The molecule has 1 spiro atoms. The van der Waals surface area contributed by atoms with Crippen molar-refractivity contribution in [2.24, 2.45) is 10.8 Å². The van der Waals surface area contributed by atoms with Gasteiger partial charge in [-0.25, -0.2) is 9.59 Å². The number of aliphatic hydroxyl groups excluding tert-OH is 2. The average molecular weight is 531 g/mol. The van der Waals surface area contributed by atoms with Crippen LogP contribution in [0.2, 0.25) is 0 Å². The molecule has 3 fully saturated rings. The van der Waals surface area contributed by atoms with Crippen LogP contribution in [0.5, 0.6) is 0 Å². The fourth-order valence-corrected chi connectivity index (χ4v) is 6.43. The van der Waals surface area contributed by atoms with E-state index in [1.807, 2.05) is 0 Å². The van der Waals surface area contributed by atoms with Crippen LogP contribution in [0.4, 0.5) is 0 Å². The Bertz CT molecular complexity index is 1080. The highest BCUT2D eigenvalue weighted by molar-refractivity contribution is 5.93. The third-order valence-electron chi connectivity index (χ3n) is 8.83. The highest BCUT2D eigenvalue weighted by Gasteiger charge is 2.83. The molecule has 9 nitrogen and oxygen atoms in total. The van der Waals surface area contributed by atoms with Gasteiger partial charge in [0.2, 0.25) is 0 Å². The molecule has 4 aliphatic rings. The van der Waals surface area contributed by atoms with Crippen LogP contribution in [0.15, 0.2) is 47.6 Å². The highest BCUT2D eigenvalue weighted by Crippen LogP contribution is 2.72. The maximum absolute atomic E-state index is 12.8. The van der Waals surface area contributed by atoms with Gasteiger partial charge in [-0.1, -0.05) is 36.3 Å². The predicted octanol–water partition coefficient (Wildman–Crippen LogP) is 2.51. The van der Waals surface area contributed by atoms with Crippen molar-refractivity contribution in [1.29, 1.82) is 0 Å². The largest absolute Gasteiger partial charge is 0.462 e. The average Bonchev–Trinajstić information content (AvgIpc) is 3.63. The van der Waals surface area contributed by atoms with Crippen molar-refractivity contribution >= 4 is 17.7 Å². The molecule has 9 heteroatoms. The Morgan fingerprint density at radius 3 is 2.61 bits per heavy atom. The van der Waals surface area contributed by atoms with E-state index in [1.54, 1.807) is 6.92 Å². The minimum Gasteiger partial charge on any atom is -0.462 e. The van der Waals surface area contributed by atoms with Gasteiger partial charge < -0.3 is 29.2 Å². The van der Waals surface area contributed by atoms with Gasteiger partial charge in [0.05, 0.1) is 24.2 Å². The Morgan fingerprint density at radius 1 is 1.24 bits per heavy atom. The number of esters is 2. The number of allylic oxidation sites excluding steroid dienone is 3. The molecule has 0 aromatic rings. The summed E-state index contributed by atoms with van der Waals surface area (Å²) in [6.45, 7) is 7.76. The molecule has 7 atom stereocenters. The molecular formula is C29H38O9. The van der Waals surface area contributed by atoms with E-state index in [0.29, 0.717) is 25.9 Å². The summed E-state index contributed by atoms with van der Waals surface area (Å²) < 4.78 is 24.5. The lowest BCUT2D eigenvalue weighted by atomic mass is 9.51. The van der Waals surface area contributed by atoms with Gasteiger partial charge in [-0.05, 0) is 46.1 Å². The van der Waals surface area contributed by atoms with Crippen molar-refractivity contribution in [3.8, 4) is 0 Å². The van der Waals surface area contributed by atoms with Gasteiger partial charge in [-0.15, -0.1) is 0 Å². The van der Waals surface area contributed by atoms with E-state index in [9.17, 15) is 19.5 Å². The molecule has 0 amide bonds. The molecule has 208 valence electrons. The van der Waals surface area contributed by atoms with Crippen LogP contribution in [0.25, 0.3) is 0 Å². The molecule has 1 saturated carbocycles. The Hall–Kier alpha value is -2.59. The summed E-state index contributed by atoms with van der Waals surface area (Å²) in [6, 6.07) is 0. The molecule has 38 heavy (non-hydrogen) atoms. The lowest BCUT2D eigenvalue weighted by Gasteiger charge is -2.58. The zero-order valence-corrected chi connectivity index (χ0v) is 22.5. The quantitative estimate of drug-likeness (QED) is 0.144. The number of fused-ring (bicyclic) bond motifs is 2. The normalized spacial score (nSPS) is 36.7. The second-order valence-electron chi connectivity index (χ2n) is 11.1. The van der Waals surface area contributed by atoms with Crippen molar-refractivity contribution in [1.82, 2.24) is 0 Å². The van der Waals surface area contributed by atoms with Crippen LogP contribution < -0.4 is 0 Å². The molecule has 2 bridgehead atoms. The van der Waals surface area contributed by atoms with Crippen LogP contribution in [-0.4, -0.2) is 77.8 Å². The summed E-state index contributed by atoms with van der Waals surface area (Å²) in [5, 5.41) is 18.4. The van der Waals surface area contributed by atoms with Crippen molar-refractivity contribution in [3.05, 3.63) is 47.6 Å². The van der Waals surface area contributed by atoms with Crippen LogP contribution in [-0.2, 0) is 33.3 Å². The van der Waals surface area contributed by atoms with Crippen molar-refractivity contribution < 1.29 is 43.5 Å². The summed E-state index contributed by atoms with van der Waals surface area (Å²) in [6.07, 6.45) is 8.78. The first-order valence-corrected chi connectivity index (χ1v) is 13.2. The van der Waals surface area contributed by atoms with Gasteiger partial charge in [0.1, 0.15) is 24.4 Å². The zero-order chi connectivity index (χ0) is 27.7. The molecular weight excluding hydrogens is 492 g/mol. The fourth-order valence-electron chi connectivity index (χ4n) is 6.43. The SMILES string of the molecule is CC1=C[C@H]2O[C@@H]3C[C@@H](OC(=O)/C=C\C=C\C(=O)[C@H](C)O)[C@](C)([C@@]2(COC(=O)/C=C(\C)CCO)CC1)[C@]31CO1. The third kappa shape index (κ3) is 4.93. The summed E-state index contributed by atoms with van der Waals surface area (Å²) in [7, 11) is 0. The van der Waals surface area contributed by atoms with Gasteiger partial charge in [0.25, 0.3) is 0 Å². The number of carbonyl (C=O) groups is 3. The van der Waals surface area contributed by atoms with Gasteiger partial charge in [0, 0.05) is 30.6 Å². The molecule has 0 aromatic carbocycles. The molecule has 2 N–H and O–H groups in total. The van der Waals surface area contributed by atoms with E-state index >= 15 is 0 Å². The number of epoxide rings is 1. The summed E-state index contributed by atoms with van der Waals surface area (Å²) in [5.74, 6) is -1.52. The minimum absolute atomic E-state index is 0.0486.